The number of nitrogens with one attached hydrogen (secondary N) is 1. The standard InChI is InChI=1S/C28H25N3O7S/c1-35-21-10-8-20(9-11-21)31-26(33)22(14-25(32)29-19-6-4-18(5-7-19)27(34)36-2)30(28(31)39)15-17-3-12-23-24(13-17)38-16-37-23/h3-13,22H,14-16H2,1-2H3,(H,29,32). The highest BCUT2D eigenvalue weighted by molar-refractivity contribution is 7.80. The van der Waals surface area contributed by atoms with E-state index in [1.165, 1.54) is 12.0 Å². The fourth-order valence-corrected chi connectivity index (χ4v) is 4.80. The Morgan fingerprint density at radius 1 is 1.00 bits per heavy atom. The van der Waals surface area contributed by atoms with Gasteiger partial charge in [-0.05, 0) is 78.4 Å². The number of methoxy groups -OCH3 is 2. The normalized spacial score (nSPS) is 15.9. The summed E-state index contributed by atoms with van der Waals surface area (Å²) in [5, 5.41) is 3.07. The first kappa shape index (κ1) is 26.0. The summed E-state index contributed by atoms with van der Waals surface area (Å²) < 4.78 is 20.8. The molecule has 1 fully saturated rings. The monoisotopic (exact) mass is 547 g/mol. The molecule has 2 amide bonds. The van der Waals surface area contributed by atoms with E-state index in [4.69, 9.17) is 31.2 Å². The van der Waals surface area contributed by atoms with Crippen LogP contribution in [0.2, 0.25) is 0 Å². The highest BCUT2D eigenvalue weighted by Crippen LogP contribution is 2.35. The topological polar surface area (TPSA) is 107 Å². The Kier molecular flexibility index (Phi) is 7.33. The van der Waals surface area contributed by atoms with Crippen LogP contribution in [0.5, 0.6) is 17.2 Å². The average Bonchev–Trinajstić information content (AvgIpc) is 3.51. The summed E-state index contributed by atoms with van der Waals surface area (Å²) in [4.78, 5) is 41.6. The molecular weight excluding hydrogens is 522 g/mol. The van der Waals surface area contributed by atoms with Crippen molar-refractivity contribution in [1.82, 2.24) is 4.90 Å². The van der Waals surface area contributed by atoms with Crippen molar-refractivity contribution >= 4 is 46.5 Å². The van der Waals surface area contributed by atoms with Crippen LogP contribution < -0.4 is 24.4 Å². The van der Waals surface area contributed by atoms with Crippen molar-refractivity contribution < 1.29 is 33.3 Å². The second-order valence-corrected chi connectivity index (χ2v) is 9.17. The number of benzene rings is 3. The number of rotatable bonds is 8. The number of nitrogens with zero attached hydrogens (tertiary/aromatic N) is 2. The van der Waals surface area contributed by atoms with Gasteiger partial charge in [0, 0.05) is 12.2 Å². The summed E-state index contributed by atoms with van der Waals surface area (Å²) in [5.41, 5.74) is 2.25. The highest BCUT2D eigenvalue weighted by Gasteiger charge is 2.44. The molecule has 0 aliphatic carbocycles. The molecule has 11 heteroatoms. The van der Waals surface area contributed by atoms with E-state index in [1.54, 1.807) is 66.6 Å². The fourth-order valence-electron chi connectivity index (χ4n) is 4.41. The molecule has 5 rings (SSSR count). The average molecular weight is 548 g/mol. The molecule has 10 nitrogen and oxygen atoms in total. The minimum Gasteiger partial charge on any atom is -0.497 e. The summed E-state index contributed by atoms with van der Waals surface area (Å²) in [5.74, 6) is 0.725. The van der Waals surface area contributed by atoms with Crippen molar-refractivity contribution in [3.63, 3.8) is 0 Å². The zero-order valence-corrected chi connectivity index (χ0v) is 22.0. The molecule has 39 heavy (non-hydrogen) atoms. The van der Waals surface area contributed by atoms with Crippen LogP contribution in [-0.2, 0) is 20.9 Å². The van der Waals surface area contributed by atoms with E-state index >= 15 is 0 Å². The van der Waals surface area contributed by atoms with E-state index in [2.05, 4.69) is 5.32 Å². The van der Waals surface area contributed by atoms with Gasteiger partial charge in [-0.15, -0.1) is 0 Å². The predicted molar refractivity (Wildman–Crippen MR) is 146 cm³/mol. The summed E-state index contributed by atoms with van der Waals surface area (Å²) >= 11 is 5.76. The van der Waals surface area contributed by atoms with Gasteiger partial charge in [-0.2, -0.15) is 0 Å². The van der Waals surface area contributed by atoms with E-state index in [0.717, 1.165) is 5.56 Å². The van der Waals surface area contributed by atoms with Crippen LogP contribution in [-0.4, -0.2) is 54.9 Å². The van der Waals surface area contributed by atoms with Crippen LogP contribution in [0.4, 0.5) is 11.4 Å². The molecule has 0 spiro atoms. The number of thiocarbonyl (C=S) groups is 1. The molecule has 1 saturated heterocycles. The number of hydrogen-bond donors (Lipinski definition) is 1. The fraction of sp³-hybridized carbons (Fsp3) is 0.214. The molecule has 3 aromatic carbocycles. The molecular formula is C28H25N3O7S. The zero-order chi connectivity index (χ0) is 27.5. The van der Waals surface area contributed by atoms with Gasteiger partial charge in [0.15, 0.2) is 16.6 Å². The van der Waals surface area contributed by atoms with Gasteiger partial charge < -0.3 is 29.2 Å². The Morgan fingerprint density at radius 3 is 2.41 bits per heavy atom. The number of carbonyl (C=O) groups is 3. The molecule has 200 valence electrons. The lowest BCUT2D eigenvalue weighted by Gasteiger charge is -2.24. The second-order valence-electron chi connectivity index (χ2n) is 8.81. The molecule has 2 aliphatic rings. The first-order chi connectivity index (χ1) is 18.9. The van der Waals surface area contributed by atoms with Crippen molar-refractivity contribution in [3.8, 4) is 17.2 Å². The van der Waals surface area contributed by atoms with Crippen molar-refractivity contribution in [2.75, 3.05) is 31.2 Å². The first-order valence-electron chi connectivity index (χ1n) is 12.0. The van der Waals surface area contributed by atoms with Crippen molar-refractivity contribution in [3.05, 3.63) is 77.9 Å². The second kappa shape index (κ2) is 11.0. The number of carbonyl (C=O) groups excluding carboxylic acids is 3. The number of anilines is 2. The number of esters is 1. The number of amides is 2. The van der Waals surface area contributed by atoms with Crippen molar-refractivity contribution in [2.24, 2.45) is 0 Å². The van der Waals surface area contributed by atoms with Crippen LogP contribution in [0.1, 0.15) is 22.3 Å². The Bertz CT molecular complexity index is 1430. The Morgan fingerprint density at radius 2 is 1.72 bits per heavy atom. The number of fused-ring (bicyclic) bond motifs is 1. The summed E-state index contributed by atoms with van der Waals surface area (Å²) in [6.45, 7) is 0.424. The first-order valence-corrected chi connectivity index (χ1v) is 12.4. The third kappa shape index (κ3) is 5.34. The van der Waals surface area contributed by atoms with E-state index in [-0.39, 0.29) is 36.7 Å². The summed E-state index contributed by atoms with van der Waals surface area (Å²) in [7, 11) is 2.86. The number of ether oxygens (including phenoxy) is 4. The summed E-state index contributed by atoms with van der Waals surface area (Å²) in [6.07, 6.45) is -0.144. The van der Waals surface area contributed by atoms with Gasteiger partial charge in [0.05, 0.1) is 31.9 Å². The van der Waals surface area contributed by atoms with Gasteiger partial charge in [0.1, 0.15) is 11.8 Å². The van der Waals surface area contributed by atoms with E-state index in [9.17, 15) is 14.4 Å². The molecule has 2 heterocycles. The van der Waals surface area contributed by atoms with Crippen LogP contribution in [0.3, 0.4) is 0 Å². The van der Waals surface area contributed by atoms with Crippen LogP contribution in [0.15, 0.2) is 66.7 Å². The molecule has 1 unspecified atom stereocenters. The Hall–Kier alpha value is -4.64. The lowest BCUT2D eigenvalue weighted by atomic mass is 10.1. The van der Waals surface area contributed by atoms with Gasteiger partial charge in [-0.25, -0.2) is 4.79 Å². The molecule has 0 aromatic heterocycles. The van der Waals surface area contributed by atoms with Crippen LogP contribution in [0, 0.1) is 0 Å². The molecule has 1 N–H and O–H groups in total. The molecule has 2 aliphatic heterocycles. The third-order valence-electron chi connectivity index (χ3n) is 6.41. The van der Waals surface area contributed by atoms with Gasteiger partial charge in [0.25, 0.3) is 5.91 Å². The Labute approximate surface area is 230 Å². The maximum Gasteiger partial charge on any atom is 0.337 e. The summed E-state index contributed by atoms with van der Waals surface area (Å²) in [6, 6.07) is 17.9. The van der Waals surface area contributed by atoms with E-state index in [1.807, 2.05) is 12.1 Å². The molecule has 3 aromatic rings. The maximum absolute atomic E-state index is 13.7. The lowest BCUT2D eigenvalue weighted by molar-refractivity contribution is -0.124. The van der Waals surface area contributed by atoms with E-state index in [0.29, 0.717) is 34.2 Å². The minimum absolute atomic E-state index is 0.144. The molecule has 1 atom stereocenters. The van der Waals surface area contributed by atoms with Gasteiger partial charge in [-0.1, -0.05) is 6.07 Å². The SMILES string of the molecule is COC(=O)c1ccc(NC(=O)CC2C(=O)N(c3ccc(OC)cc3)C(=S)N2Cc2ccc3c(c2)OCO3)cc1. The maximum atomic E-state index is 13.7. The molecule has 0 saturated carbocycles. The van der Waals surface area contributed by atoms with Gasteiger partial charge in [-0.3, -0.25) is 14.5 Å². The van der Waals surface area contributed by atoms with Crippen molar-refractivity contribution in [1.29, 1.82) is 0 Å². The Balaban J connectivity index is 1.38. The minimum atomic E-state index is -0.848. The highest BCUT2D eigenvalue weighted by atomic mass is 32.1. The number of hydrogen-bond acceptors (Lipinski definition) is 8. The molecule has 0 bridgehead atoms. The smallest absolute Gasteiger partial charge is 0.337 e. The largest absolute Gasteiger partial charge is 0.497 e. The van der Waals surface area contributed by atoms with Crippen LogP contribution in [0.25, 0.3) is 0 Å². The lowest BCUT2D eigenvalue weighted by Crippen LogP contribution is -2.37. The molecule has 0 radical (unpaired) electrons. The van der Waals surface area contributed by atoms with Crippen LogP contribution >= 0.6 is 12.2 Å². The van der Waals surface area contributed by atoms with Gasteiger partial charge >= 0.3 is 5.97 Å². The third-order valence-corrected chi connectivity index (χ3v) is 6.82. The van der Waals surface area contributed by atoms with E-state index < -0.39 is 12.0 Å². The quantitative estimate of drug-likeness (QED) is 0.333. The van der Waals surface area contributed by atoms with Crippen molar-refractivity contribution in [2.45, 2.75) is 19.0 Å². The van der Waals surface area contributed by atoms with Gasteiger partial charge in [0.2, 0.25) is 12.7 Å². The predicted octanol–water partition coefficient (Wildman–Crippen LogP) is 3.74. The zero-order valence-electron chi connectivity index (χ0n) is 21.2.